The summed E-state index contributed by atoms with van der Waals surface area (Å²) in [6.07, 6.45) is 3.98. The molecule has 8 heteroatoms. The van der Waals surface area contributed by atoms with Crippen LogP contribution < -0.4 is 11.1 Å². The zero-order valence-corrected chi connectivity index (χ0v) is 9.65. The number of hydrogen-bond acceptors (Lipinski definition) is 6. The molecule has 0 radical (unpaired) electrons. The summed E-state index contributed by atoms with van der Waals surface area (Å²) in [6.45, 7) is 0. The topological polar surface area (TPSA) is 98.7 Å². The van der Waals surface area contributed by atoms with Crippen LogP contribution in [0.2, 0.25) is 0 Å². The normalized spacial score (nSPS) is 14.8. The van der Waals surface area contributed by atoms with Gasteiger partial charge in [-0.3, -0.25) is 10.1 Å². The van der Waals surface area contributed by atoms with E-state index < -0.39 is 0 Å². The van der Waals surface area contributed by atoms with Crippen LogP contribution in [0.1, 0.15) is 29.4 Å². The van der Waals surface area contributed by atoms with E-state index >= 15 is 0 Å². The number of hydrogen-bond donors (Lipinski definition) is 2. The monoisotopic (exact) mass is 250 g/mol. The van der Waals surface area contributed by atoms with Crippen LogP contribution in [0.5, 0.6) is 0 Å². The molecule has 0 saturated heterocycles. The number of nitrogens with zero attached hydrogens (tertiary/aromatic N) is 4. The Bertz CT molecular complexity index is 544. The Kier molecular flexibility index (Phi) is 2.29. The number of amides is 1. The lowest BCUT2D eigenvalue weighted by molar-refractivity contribution is 0.101. The van der Waals surface area contributed by atoms with Crippen LogP contribution in [0.4, 0.5) is 10.8 Å². The van der Waals surface area contributed by atoms with Crippen LogP contribution in [-0.2, 0) is 0 Å². The molecule has 1 aliphatic carbocycles. The van der Waals surface area contributed by atoms with Gasteiger partial charge in [0.1, 0.15) is 5.69 Å². The summed E-state index contributed by atoms with van der Waals surface area (Å²) < 4.78 is 5.49. The minimum absolute atomic E-state index is 0.229. The lowest BCUT2D eigenvalue weighted by Crippen LogP contribution is -2.16. The number of nitrogens with one attached hydrogen (secondary N) is 1. The molecule has 17 heavy (non-hydrogen) atoms. The first-order chi connectivity index (χ1) is 8.24. The average molecular weight is 250 g/mol. The summed E-state index contributed by atoms with van der Waals surface area (Å²) >= 11 is 1.04. The van der Waals surface area contributed by atoms with Crippen LogP contribution in [0.3, 0.4) is 0 Å². The van der Waals surface area contributed by atoms with Gasteiger partial charge < -0.3 is 10.3 Å². The fourth-order valence-corrected chi connectivity index (χ4v) is 2.04. The van der Waals surface area contributed by atoms with Gasteiger partial charge in [0.25, 0.3) is 5.91 Å². The van der Waals surface area contributed by atoms with Gasteiger partial charge in [-0.2, -0.15) is 0 Å². The van der Waals surface area contributed by atoms with E-state index in [0.29, 0.717) is 22.6 Å². The van der Waals surface area contributed by atoms with Gasteiger partial charge in [-0.1, -0.05) is 9.59 Å². The van der Waals surface area contributed by atoms with Crippen LogP contribution in [-0.4, -0.2) is 25.3 Å². The number of aromatic nitrogens is 4. The van der Waals surface area contributed by atoms with Gasteiger partial charge in [0.05, 0.1) is 5.69 Å². The minimum Gasteiger partial charge on any atom is -0.397 e. The van der Waals surface area contributed by atoms with Crippen molar-refractivity contribution in [3.05, 3.63) is 18.0 Å². The van der Waals surface area contributed by atoms with E-state index in [0.717, 1.165) is 24.4 Å². The maximum absolute atomic E-state index is 12.0. The molecule has 0 unspecified atom stereocenters. The molecule has 3 rings (SSSR count). The lowest BCUT2D eigenvalue weighted by Gasteiger charge is -2.05. The standard InChI is InChI=1S/C9H10N6OS/c10-5-3-7(15(4-5)6-1-2-6)8(16)11-9-12-13-14-17-9/h3-4,6H,1-2,10H2,(H,11,12,14,16). The Balaban J connectivity index is 1.85. The first kappa shape index (κ1) is 10.2. The number of carbonyl (C=O) groups excluding carboxylic acids is 1. The Morgan fingerprint density at radius 1 is 1.59 bits per heavy atom. The Labute approximate surface area is 101 Å². The molecule has 2 aromatic rings. The summed E-state index contributed by atoms with van der Waals surface area (Å²) in [6, 6.07) is 2.07. The Hall–Kier alpha value is -1.96. The predicted molar refractivity (Wildman–Crippen MR) is 62.8 cm³/mol. The van der Waals surface area contributed by atoms with Crippen molar-refractivity contribution in [2.24, 2.45) is 0 Å². The molecule has 0 spiro atoms. The van der Waals surface area contributed by atoms with Crippen LogP contribution in [0, 0.1) is 0 Å². The van der Waals surface area contributed by atoms with E-state index in [2.05, 4.69) is 20.1 Å². The molecule has 1 aliphatic rings. The predicted octanol–water partition coefficient (Wildman–Crippen LogP) is 0.904. The molecular weight excluding hydrogens is 240 g/mol. The number of nitrogens with two attached hydrogens (primary N) is 1. The van der Waals surface area contributed by atoms with Gasteiger partial charge in [0.2, 0.25) is 5.13 Å². The van der Waals surface area contributed by atoms with Gasteiger partial charge in [0.15, 0.2) is 0 Å². The molecule has 1 saturated carbocycles. The number of rotatable bonds is 3. The van der Waals surface area contributed by atoms with Crippen LogP contribution in [0.15, 0.2) is 12.3 Å². The third-order valence-electron chi connectivity index (χ3n) is 2.56. The fraction of sp³-hybridized carbons (Fsp3) is 0.333. The van der Waals surface area contributed by atoms with Crippen molar-refractivity contribution < 1.29 is 4.79 Å². The lowest BCUT2D eigenvalue weighted by atomic mass is 10.4. The molecule has 88 valence electrons. The van der Waals surface area contributed by atoms with E-state index in [-0.39, 0.29) is 5.91 Å². The van der Waals surface area contributed by atoms with E-state index in [9.17, 15) is 4.79 Å². The number of carbonyl (C=O) groups is 1. The molecule has 0 bridgehead atoms. The van der Waals surface area contributed by atoms with E-state index in [1.807, 2.05) is 4.57 Å². The minimum atomic E-state index is -0.229. The van der Waals surface area contributed by atoms with Crippen molar-refractivity contribution in [3.63, 3.8) is 0 Å². The molecule has 3 N–H and O–H groups in total. The molecule has 0 atom stereocenters. The van der Waals surface area contributed by atoms with Gasteiger partial charge >= 0.3 is 0 Å². The van der Waals surface area contributed by atoms with Crippen LogP contribution in [0.25, 0.3) is 0 Å². The quantitative estimate of drug-likeness (QED) is 0.843. The highest BCUT2D eigenvalue weighted by molar-refractivity contribution is 7.09. The second kappa shape index (κ2) is 3.81. The average Bonchev–Trinajstić information content (AvgIpc) is 2.88. The Morgan fingerprint density at radius 3 is 3.06 bits per heavy atom. The van der Waals surface area contributed by atoms with Crippen molar-refractivity contribution in [1.82, 2.24) is 19.4 Å². The zero-order chi connectivity index (χ0) is 11.8. The fourth-order valence-electron chi connectivity index (χ4n) is 1.68. The number of anilines is 2. The molecule has 1 amide bonds. The van der Waals surface area contributed by atoms with Crippen molar-refractivity contribution in [3.8, 4) is 0 Å². The van der Waals surface area contributed by atoms with Gasteiger partial charge in [-0.25, -0.2) is 0 Å². The Morgan fingerprint density at radius 2 is 2.41 bits per heavy atom. The smallest absolute Gasteiger partial charge is 0.274 e. The SMILES string of the molecule is Nc1cc(C(=O)Nc2nnns2)n(C2CC2)c1. The van der Waals surface area contributed by atoms with Crippen molar-refractivity contribution >= 4 is 28.3 Å². The number of nitrogen functional groups attached to an aromatic ring is 1. The van der Waals surface area contributed by atoms with Gasteiger partial charge in [-0.15, -0.1) is 0 Å². The first-order valence-corrected chi connectivity index (χ1v) is 5.95. The summed E-state index contributed by atoms with van der Waals surface area (Å²) in [5.41, 5.74) is 6.87. The highest BCUT2D eigenvalue weighted by Crippen LogP contribution is 2.37. The van der Waals surface area contributed by atoms with Gasteiger partial charge in [-0.05, 0) is 24.1 Å². The molecule has 2 heterocycles. The van der Waals surface area contributed by atoms with E-state index in [1.165, 1.54) is 0 Å². The highest BCUT2D eigenvalue weighted by Gasteiger charge is 2.27. The van der Waals surface area contributed by atoms with E-state index in [4.69, 9.17) is 5.73 Å². The maximum atomic E-state index is 12.0. The maximum Gasteiger partial charge on any atom is 0.274 e. The molecule has 2 aromatic heterocycles. The van der Waals surface area contributed by atoms with Crippen molar-refractivity contribution in [2.45, 2.75) is 18.9 Å². The largest absolute Gasteiger partial charge is 0.397 e. The summed E-state index contributed by atoms with van der Waals surface area (Å²) in [5.74, 6) is -0.229. The highest BCUT2D eigenvalue weighted by atomic mass is 32.1. The third kappa shape index (κ3) is 1.98. The molecule has 0 aromatic carbocycles. The zero-order valence-electron chi connectivity index (χ0n) is 8.83. The van der Waals surface area contributed by atoms with E-state index in [1.54, 1.807) is 12.3 Å². The first-order valence-electron chi connectivity index (χ1n) is 5.18. The summed E-state index contributed by atoms with van der Waals surface area (Å²) in [7, 11) is 0. The summed E-state index contributed by atoms with van der Waals surface area (Å²) in [4.78, 5) is 12.0. The van der Waals surface area contributed by atoms with Gasteiger partial charge in [0, 0.05) is 23.8 Å². The second-order valence-corrected chi connectivity index (χ2v) is 4.65. The molecule has 1 fully saturated rings. The molecular formula is C9H10N6OS. The van der Waals surface area contributed by atoms with Crippen molar-refractivity contribution in [1.29, 1.82) is 0 Å². The van der Waals surface area contributed by atoms with Crippen molar-refractivity contribution in [2.75, 3.05) is 11.1 Å². The van der Waals surface area contributed by atoms with Crippen LogP contribution >= 0.6 is 11.5 Å². The molecule has 0 aliphatic heterocycles. The third-order valence-corrected chi connectivity index (χ3v) is 3.07. The molecule has 7 nitrogen and oxygen atoms in total. The second-order valence-electron chi connectivity index (χ2n) is 3.92. The summed E-state index contributed by atoms with van der Waals surface area (Å²) in [5, 5.41) is 10.1.